The molecule has 10 nitrogen and oxygen atoms in total. The predicted molar refractivity (Wildman–Crippen MR) is 99.0 cm³/mol. The fourth-order valence-electron chi connectivity index (χ4n) is 1.59. The van der Waals surface area contributed by atoms with Gasteiger partial charge in [0.1, 0.15) is 6.61 Å². The molecule has 0 aliphatic carbocycles. The Labute approximate surface area is 166 Å². The Morgan fingerprint density at radius 1 is 0.481 bits per heavy atom. The van der Waals surface area contributed by atoms with Gasteiger partial charge in [0, 0.05) is 0 Å². The fourth-order valence-corrected chi connectivity index (χ4v) is 1.68. The van der Waals surface area contributed by atoms with Gasteiger partial charge < -0.3 is 48.5 Å². The van der Waals surface area contributed by atoms with Gasteiger partial charge in [-0.05, 0) is 0 Å². The van der Waals surface area contributed by atoms with Gasteiger partial charge in [-0.2, -0.15) is 0 Å². The molecular formula is C16H34O10S. The highest BCUT2D eigenvalue weighted by Gasteiger charge is 2.15. The molecule has 164 valence electrons. The van der Waals surface area contributed by atoms with Crippen LogP contribution in [0.2, 0.25) is 0 Å². The third kappa shape index (κ3) is 25.9. The number of hydrogen-bond donors (Lipinski definition) is 4. The van der Waals surface area contributed by atoms with Crippen molar-refractivity contribution in [1.82, 2.24) is 0 Å². The van der Waals surface area contributed by atoms with Crippen molar-refractivity contribution in [2.75, 3.05) is 99.1 Å². The second-order valence-corrected chi connectivity index (χ2v) is 5.94. The number of aliphatic hydroxyl groups excluding tert-OH is 1. The summed E-state index contributed by atoms with van der Waals surface area (Å²) in [5.74, 6) is 0. The van der Waals surface area contributed by atoms with Crippen LogP contribution in [0.5, 0.6) is 0 Å². The summed E-state index contributed by atoms with van der Waals surface area (Å²) in [4.78, 5) is 0. The van der Waals surface area contributed by atoms with E-state index in [4.69, 9.17) is 48.5 Å². The van der Waals surface area contributed by atoms with Gasteiger partial charge in [0.2, 0.25) is 5.12 Å². The molecule has 0 atom stereocenters. The zero-order valence-corrected chi connectivity index (χ0v) is 16.6. The second kappa shape index (κ2) is 20.7. The second-order valence-electron chi connectivity index (χ2n) is 5.22. The summed E-state index contributed by atoms with van der Waals surface area (Å²) in [5.41, 5.74) is 0. The molecule has 0 radical (unpaired) electrons. The van der Waals surface area contributed by atoms with Crippen molar-refractivity contribution in [2.45, 2.75) is 5.12 Å². The average Bonchev–Trinajstić information content (AvgIpc) is 2.62. The van der Waals surface area contributed by atoms with Crippen LogP contribution in [-0.2, 0) is 33.2 Å². The maximum atomic E-state index is 8.87. The normalized spacial score (nSPS) is 12.0. The highest BCUT2D eigenvalue weighted by atomic mass is 32.1. The van der Waals surface area contributed by atoms with Crippen LogP contribution in [0.1, 0.15) is 0 Å². The molecule has 0 aromatic carbocycles. The standard InChI is InChI=1S/C16H34O10S/c17-1-2-20-3-4-21-5-6-22-7-8-23-9-10-24-11-12-25-13-14-26-15-16(18,19)27/h17-19,27H,1-15H2. The lowest BCUT2D eigenvalue weighted by molar-refractivity contribution is -0.128. The van der Waals surface area contributed by atoms with E-state index >= 15 is 0 Å². The van der Waals surface area contributed by atoms with Crippen molar-refractivity contribution >= 4 is 12.6 Å². The summed E-state index contributed by atoms with van der Waals surface area (Å²) in [7, 11) is 0. The van der Waals surface area contributed by atoms with Crippen LogP contribution < -0.4 is 0 Å². The molecule has 0 amide bonds. The molecule has 0 aliphatic rings. The van der Waals surface area contributed by atoms with E-state index in [1.807, 2.05) is 0 Å². The van der Waals surface area contributed by atoms with E-state index in [1.165, 1.54) is 0 Å². The lowest BCUT2D eigenvalue weighted by Crippen LogP contribution is -2.27. The van der Waals surface area contributed by atoms with Gasteiger partial charge in [0.25, 0.3) is 0 Å². The Hall–Kier alpha value is -0.0500. The first kappa shape index (κ1) is 27.0. The van der Waals surface area contributed by atoms with Gasteiger partial charge in [0.05, 0.1) is 92.5 Å². The largest absolute Gasteiger partial charge is 0.394 e. The van der Waals surface area contributed by atoms with Crippen molar-refractivity contribution in [1.29, 1.82) is 0 Å². The van der Waals surface area contributed by atoms with Crippen LogP contribution >= 0.6 is 12.6 Å². The van der Waals surface area contributed by atoms with Crippen LogP contribution in [-0.4, -0.2) is 120 Å². The Morgan fingerprint density at radius 2 is 0.741 bits per heavy atom. The van der Waals surface area contributed by atoms with Crippen LogP contribution in [0.15, 0.2) is 0 Å². The molecule has 0 aromatic rings. The maximum Gasteiger partial charge on any atom is 0.234 e. The van der Waals surface area contributed by atoms with E-state index in [2.05, 4.69) is 12.6 Å². The molecule has 0 rings (SSSR count). The summed E-state index contributed by atoms with van der Waals surface area (Å²) in [6, 6.07) is 0. The van der Waals surface area contributed by atoms with Gasteiger partial charge in [-0.25, -0.2) is 0 Å². The third-order valence-electron chi connectivity index (χ3n) is 2.76. The molecule has 0 heterocycles. The Bertz CT molecular complexity index is 291. The van der Waals surface area contributed by atoms with E-state index in [0.29, 0.717) is 79.3 Å². The number of thiol groups is 1. The molecule has 0 bridgehead atoms. The molecule has 0 saturated heterocycles. The van der Waals surface area contributed by atoms with E-state index in [9.17, 15) is 0 Å². The minimum atomic E-state index is -2.11. The first-order chi connectivity index (χ1) is 13.1. The molecule has 0 unspecified atom stereocenters. The van der Waals surface area contributed by atoms with Crippen molar-refractivity contribution in [3.8, 4) is 0 Å². The van der Waals surface area contributed by atoms with Crippen LogP contribution in [0.3, 0.4) is 0 Å². The highest BCUT2D eigenvalue weighted by Crippen LogP contribution is 2.03. The van der Waals surface area contributed by atoms with Gasteiger partial charge >= 0.3 is 0 Å². The van der Waals surface area contributed by atoms with E-state index in [1.54, 1.807) is 0 Å². The van der Waals surface area contributed by atoms with Crippen molar-refractivity contribution in [3.63, 3.8) is 0 Å². The minimum absolute atomic E-state index is 0.0209. The Balaban J connectivity index is 3.01. The fraction of sp³-hybridized carbons (Fsp3) is 1.00. The van der Waals surface area contributed by atoms with Crippen LogP contribution in [0, 0.1) is 0 Å². The van der Waals surface area contributed by atoms with Crippen LogP contribution in [0.4, 0.5) is 0 Å². The number of hydrogen-bond acceptors (Lipinski definition) is 11. The van der Waals surface area contributed by atoms with E-state index in [0.717, 1.165) is 0 Å². The average molecular weight is 419 g/mol. The minimum Gasteiger partial charge on any atom is -0.394 e. The lowest BCUT2D eigenvalue weighted by Gasteiger charge is -2.14. The summed E-state index contributed by atoms with van der Waals surface area (Å²) >= 11 is 3.49. The molecule has 3 N–H and O–H groups in total. The first-order valence-electron chi connectivity index (χ1n) is 8.88. The molecule has 0 fully saturated rings. The zero-order chi connectivity index (χ0) is 20.1. The van der Waals surface area contributed by atoms with Crippen LogP contribution in [0.25, 0.3) is 0 Å². The van der Waals surface area contributed by atoms with Gasteiger partial charge in [-0.3, -0.25) is 0 Å². The van der Waals surface area contributed by atoms with E-state index in [-0.39, 0.29) is 19.8 Å². The topological polar surface area (TPSA) is 125 Å². The third-order valence-corrected chi connectivity index (χ3v) is 2.89. The van der Waals surface area contributed by atoms with E-state index < -0.39 is 5.12 Å². The maximum absolute atomic E-state index is 8.87. The Kier molecular flexibility index (Phi) is 20.6. The lowest BCUT2D eigenvalue weighted by atomic mass is 10.6. The summed E-state index contributed by atoms with van der Waals surface area (Å²) < 4.78 is 36.5. The number of aliphatic hydroxyl groups is 3. The molecule has 0 aromatic heterocycles. The quantitative estimate of drug-likeness (QED) is 0.0954. The predicted octanol–water partition coefficient (Wildman–Crippen LogP) is -1.34. The summed E-state index contributed by atoms with van der Waals surface area (Å²) in [6.07, 6.45) is 0. The highest BCUT2D eigenvalue weighted by molar-refractivity contribution is 7.81. The summed E-state index contributed by atoms with van der Waals surface area (Å²) in [6.45, 7) is 5.35. The Morgan fingerprint density at radius 3 is 1.00 bits per heavy atom. The molecule has 0 spiro atoms. The van der Waals surface area contributed by atoms with Gasteiger partial charge in [-0.15, -0.1) is 12.6 Å². The summed E-state index contributed by atoms with van der Waals surface area (Å²) in [5, 5.41) is 24.1. The molecule has 27 heavy (non-hydrogen) atoms. The van der Waals surface area contributed by atoms with Crippen molar-refractivity contribution in [3.05, 3.63) is 0 Å². The SMILES string of the molecule is OCCOCCOCCOCCOCCOCCOCCOCC(O)(O)S. The molecule has 11 heteroatoms. The number of rotatable bonds is 22. The molecular weight excluding hydrogens is 384 g/mol. The smallest absolute Gasteiger partial charge is 0.234 e. The first-order valence-corrected chi connectivity index (χ1v) is 9.33. The monoisotopic (exact) mass is 418 g/mol. The number of ether oxygens (including phenoxy) is 7. The van der Waals surface area contributed by atoms with Gasteiger partial charge in [0.15, 0.2) is 0 Å². The molecule has 0 saturated carbocycles. The zero-order valence-electron chi connectivity index (χ0n) is 15.8. The van der Waals surface area contributed by atoms with Crippen molar-refractivity contribution in [2.24, 2.45) is 0 Å². The van der Waals surface area contributed by atoms with Crippen molar-refractivity contribution < 1.29 is 48.5 Å². The molecule has 0 aliphatic heterocycles. The van der Waals surface area contributed by atoms with Gasteiger partial charge in [-0.1, -0.05) is 0 Å².